The van der Waals surface area contributed by atoms with E-state index in [1.165, 1.54) is 4.90 Å². The van der Waals surface area contributed by atoms with Crippen LogP contribution in [0.1, 0.15) is 26.2 Å². The minimum Gasteiger partial charge on any atom is -0.450 e. The van der Waals surface area contributed by atoms with Crippen LogP contribution in [0.4, 0.5) is 0 Å². The zero-order chi connectivity index (χ0) is 18.9. The molecule has 0 aromatic heterocycles. The van der Waals surface area contributed by atoms with Crippen LogP contribution in [0, 0.1) is 11.8 Å². The Morgan fingerprint density at radius 3 is 2.33 bits per heavy atom. The van der Waals surface area contributed by atoms with Crippen molar-refractivity contribution < 1.29 is 9.47 Å². The summed E-state index contributed by atoms with van der Waals surface area (Å²) in [6.45, 7) is 2.14. The van der Waals surface area contributed by atoms with E-state index in [-0.39, 0.29) is 18.1 Å². The molecule has 1 heterocycles. The van der Waals surface area contributed by atoms with Crippen molar-refractivity contribution >= 4 is 29.3 Å². The average molecular weight is 399 g/mol. The molecule has 0 aliphatic carbocycles. The van der Waals surface area contributed by atoms with Crippen LogP contribution in [-0.4, -0.2) is 17.4 Å². The molecule has 0 saturated carbocycles. The lowest BCUT2D eigenvalue weighted by atomic mass is 9.89. The van der Waals surface area contributed by atoms with Crippen LogP contribution in [0.5, 0.6) is 11.5 Å². The van der Waals surface area contributed by atoms with Gasteiger partial charge in [-0.2, -0.15) is 0 Å². The molecule has 0 saturated heterocycles. The van der Waals surface area contributed by atoms with E-state index in [0.717, 1.165) is 36.5 Å². The molecule has 0 N–H and O–H groups in total. The Balaban J connectivity index is 1.59. The number of fused-ring (bicyclic) bond motifs is 1. The van der Waals surface area contributed by atoms with E-state index in [1.807, 2.05) is 41.4 Å². The Morgan fingerprint density at radius 2 is 1.70 bits per heavy atom. The first-order chi connectivity index (χ1) is 13.3. The van der Waals surface area contributed by atoms with Crippen molar-refractivity contribution in [1.82, 2.24) is 0 Å². The Kier molecular flexibility index (Phi) is 7.79. The fraction of sp³-hybridized carbons (Fsp3) is 0.348. The minimum atomic E-state index is -0.309. The number of hydrogen-bond donors (Lipinski definition) is 0. The van der Waals surface area contributed by atoms with Gasteiger partial charge in [0.05, 0.1) is 5.92 Å². The maximum atomic E-state index is 6.08. The molecule has 2 aromatic rings. The van der Waals surface area contributed by atoms with Crippen LogP contribution in [0.15, 0.2) is 71.6 Å². The first kappa shape index (κ1) is 20.0. The maximum absolute atomic E-state index is 6.08. The highest BCUT2D eigenvalue weighted by molar-refractivity contribution is 7.99. The zero-order valence-corrected chi connectivity index (χ0v) is 17.3. The fourth-order valence-corrected chi connectivity index (χ4v) is 4.40. The quantitative estimate of drug-likeness (QED) is 0.195. The highest BCUT2D eigenvalue weighted by atomic mass is 32.2. The smallest absolute Gasteiger partial charge is 0.248 e. The molecular formula is C23H26O2S2. The second kappa shape index (κ2) is 10.5. The molecule has 4 heteroatoms. The third kappa shape index (κ3) is 5.60. The van der Waals surface area contributed by atoms with Gasteiger partial charge in [-0.25, -0.2) is 0 Å². The number of para-hydroxylation sites is 2. The van der Waals surface area contributed by atoms with Crippen molar-refractivity contribution in [3.63, 3.8) is 0 Å². The minimum absolute atomic E-state index is 0.122. The van der Waals surface area contributed by atoms with E-state index in [9.17, 15) is 0 Å². The van der Waals surface area contributed by atoms with Crippen LogP contribution >= 0.6 is 24.0 Å². The number of hydrogen-bond acceptors (Lipinski definition) is 4. The summed E-state index contributed by atoms with van der Waals surface area (Å²) in [7, 11) is 0. The monoisotopic (exact) mass is 398 g/mol. The van der Waals surface area contributed by atoms with Crippen LogP contribution in [0.25, 0.3) is 0 Å². The zero-order valence-electron chi connectivity index (χ0n) is 15.6. The lowest BCUT2D eigenvalue weighted by Crippen LogP contribution is -2.33. The highest BCUT2D eigenvalue weighted by Gasteiger charge is 2.34. The first-order valence-electron chi connectivity index (χ1n) is 9.54. The molecule has 0 radical (unpaired) electrons. The normalized spacial score (nSPS) is 15.7. The molecule has 142 valence electrons. The van der Waals surface area contributed by atoms with Gasteiger partial charge in [0.25, 0.3) is 0 Å². The highest BCUT2D eigenvalue weighted by Crippen LogP contribution is 2.38. The molecule has 0 bridgehead atoms. The van der Waals surface area contributed by atoms with Gasteiger partial charge in [-0.1, -0.05) is 61.6 Å². The summed E-state index contributed by atoms with van der Waals surface area (Å²) in [5.41, 5.74) is 0. The molecule has 0 amide bonds. The van der Waals surface area contributed by atoms with E-state index in [2.05, 4.69) is 49.4 Å². The van der Waals surface area contributed by atoms with Crippen LogP contribution in [-0.2, 0) is 0 Å². The predicted octanol–water partition coefficient (Wildman–Crippen LogP) is 6.55. The first-order valence-corrected chi connectivity index (χ1v) is 11.0. The van der Waals surface area contributed by atoms with Crippen LogP contribution in [0.3, 0.4) is 0 Å². The second-order valence-corrected chi connectivity index (χ2v) is 8.01. The summed E-state index contributed by atoms with van der Waals surface area (Å²) in [6.07, 6.45) is 7.22. The van der Waals surface area contributed by atoms with Crippen LogP contribution in [0.2, 0.25) is 0 Å². The van der Waals surface area contributed by atoms with Crippen molar-refractivity contribution in [2.75, 3.05) is 5.75 Å². The number of ether oxygens (including phenoxy) is 2. The molecule has 1 aliphatic heterocycles. The lowest BCUT2D eigenvalue weighted by molar-refractivity contribution is 0.00152. The van der Waals surface area contributed by atoms with Gasteiger partial charge >= 0.3 is 0 Å². The molecule has 2 atom stereocenters. The van der Waals surface area contributed by atoms with Gasteiger partial charge in [-0.3, -0.25) is 0 Å². The van der Waals surface area contributed by atoms with Gasteiger partial charge in [-0.05, 0) is 54.6 Å². The third-order valence-corrected chi connectivity index (χ3v) is 6.05. The van der Waals surface area contributed by atoms with Crippen molar-refractivity contribution in [2.24, 2.45) is 11.8 Å². The van der Waals surface area contributed by atoms with E-state index in [0.29, 0.717) is 0 Å². The van der Waals surface area contributed by atoms with E-state index in [1.54, 1.807) is 0 Å². The predicted molar refractivity (Wildman–Crippen MR) is 118 cm³/mol. The number of rotatable bonds is 10. The van der Waals surface area contributed by atoms with Gasteiger partial charge in [0.2, 0.25) is 6.29 Å². The summed E-state index contributed by atoms with van der Waals surface area (Å²) < 4.78 is 12.2. The van der Waals surface area contributed by atoms with Crippen LogP contribution < -0.4 is 9.47 Å². The summed E-state index contributed by atoms with van der Waals surface area (Å²) >= 11 is 7.28. The molecule has 3 rings (SSSR count). The van der Waals surface area contributed by atoms with Gasteiger partial charge in [0.1, 0.15) is 0 Å². The fourth-order valence-electron chi connectivity index (χ4n) is 3.18. The molecule has 0 spiro atoms. The maximum Gasteiger partial charge on any atom is 0.248 e. The summed E-state index contributed by atoms with van der Waals surface area (Å²) in [6, 6.07) is 18.4. The molecule has 2 nitrogen and oxygen atoms in total. The number of allylic oxidation sites excluding steroid dienone is 1. The molecule has 0 fully saturated rings. The van der Waals surface area contributed by atoms with E-state index < -0.39 is 0 Å². The van der Waals surface area contributed by atoms with Crippen molar-refractivity contribution in [3.8, 4) is 11.5 Å². The van der Waals surface area contributed by atoms with Gasteiger partial charge in [0.15, 0.2) is 11.5 Å². The number of benzene rings is 2. The Labute approximate surface area is 172 Å². The van der Waals surface area contributed by atoms with Gasteiger partial charge in [0, 0.05) is 10.8 Å². The van der Waals surface area contributed by atoms with Gasteiger partial charge in [-0.15, -0.1) is 11.8 Å². The third-order valence-electron chi connectivity index (χ3n) is 4.61. The van der Waals surface area contributed by atoms with E-state index in [4.69, 9.17) is 21.7 Å². The largest absolute Gasteiger partial charge is 0.450 e. The summed E-state index contributed by atoms with van der Waals surface area (Å²) in [5.74, 6) is 3.09. The SMILES string of the molecule is CCC=CC(C(C=S)CCCSc1ccccc1)C1Oc2ccccc2O1. The van der Waals surface area contributed by atoms with Gasteiger partial charge < -0.3 is 9.47 Å². The van der Waals surface area contributed by atoms with Crippen molar-refractivity contribution in [1.29, 1.82) is 0 Å². The number of thiocarbonyl (C=S) groups is 1. The summed E-state index contributed by atoms with van der Waals surface area (Å²) in [5, 5.41) is 1.90. The van der Waals surface area contributed by atoms with Crippen molar-refractivity contribution in [2.45, 2.75) is 37.4 Å². The standard InChI is InChI=1S/C23H26O2S2/c1-2-3-13-20(23-24-21-14-7-8-15-22(21)25-23)18(17-26)10-9-16-27-19-11-5-4-6-12-19/h3-8,11-15,17-18,20,23H,2,9-10,16H2,1H3. The lowest BCUT2D eigenvalue weighted by Gasteiger charge is -2.25. The molecule has 2 aromatic carbocycles. The Bertz CT molecular complexity index is 720. The molecule has 2 unspecified atom stereocenters. The van der Waals surface area contributed by atoms with E-state index >= 15 is 0 Å². The Morgan fingerprint density at radius 1 is 1.04 bits per heavy atom. The Hall–Kier alpha value is -1.78. The number of thioether (sulfide) groups is 1. The van der Waals surface area contributed by atoms with Crippen molar-refractivity contribution in [3.05, 3.63) is 66.7 Å². The average Bonchev–Trinajstić information content (AvgIpc) is 3.14. The summed E-state index contributed by atoms with van der Waals surface area (Å²) in [4.78, 5) is 1.32. The molecule has 1 aliphatic rings. The topological polar surface area (TPSA) is 18.5 Å². The molecule has 27 heavy (non-hydrogen) atoms. The molecular weight excluding hydrogens is 372 g/mol. The second-order valence-electron chi connectivity index (χ2n) is 6.57.